The lowest BCUT2D eigenvalue weighted by Crippen LogP contribution is -2.61. The van der Waals surface area contributed by atoms with E-state index in [0.717, 1.165) is 77.0 Å². The molecule has 1 saturated heterocycles. The molecule has 9 unspecified atom stereocenters. The van der Waals surface area contributed by atoms with E-state index in [2.05, 4.69) is 178 Å². The second-order valence-corrected chi connectivity index (χ2v) is 20.9. The Labute approximate surface area is 475 Å². The van der Waals surface area contributed by atoms with Crippen molar-refractivity contribution in [3.05, 3.63) is 146 Å². The fourth-order valence-electron chi connectivity index (χ4n) is 8.78. The Morgan fingerprint density at radius 1 is 0.449 bits per heavy atom. The van der Waals surface area contributed by atoms with Gasteiger partial charge in [-0.3, -0.25) is 19.4 Å². The smallest absolute Gasteiger partial charge is 0.243 e. The van der Waals surface area contributed by atoms with Gasteiger partial charge in [0.2, 0.25) is 18.1 Å². The minimum atomic E-state index is -1.09. The first-order chi connectivity index (χ1) is 37.8. The van der Waals surface area contributed by atoms with Gasteiger partial charge in [-0.05, 0) is 147 Å². The van der Waals surface area contributed by atoms with Crippen molar-refractivity contribution in [2.75, 3.05) is 39.3 Å². The largest absolute Gasteiger partial charge is 0.472 e. The molecule has 2 amide bonds. The monoisotopic (exact) mass is 1080 g/mol. The first-order valence-corrected chi connectivity index (χ1v) is 30.1. The molecule has 9 atom stereocenters. The molecule has 0 aromatic rings. The van der Waals surface area contributed by atoms with Gasteiger partial charge in [-0.15, -0.1) is 0 Å². The molecule has 0 bridgehead atoms. The predicted octanol–water partition coefficient (Wildman–Crippen LogP) is 13.0. The number of carbonyl (C=O) groups excluding carboxylic acids is 2. The zero-order chi connectivity index (χ0) is 57.3. The van der Waals surface area contributed by atoms with Crippen LogP contribution in [0.3, 0.4) is 0 Å². The molecule has 1 aliphatic rings. The number of aliphatic hydroxyl groups excluding tert-OH is 4. The van der Waals surface area contributed by atoms with Crippen molar-refractivity contribution in [3.8, 4) is 0 Å². The summed E-state index contributed by atoms with van der Waals surface area (Å²) in [5.74, 6) is -0.357. The quantitative estimate of drug-likeness (QED) is 0.0151. The minimum absolute atomic E-state index is 0.0695. The van der Waals surface area contributed by atoms with E-state index in [1.165, 1.54) is 6.26 Å². The standard InChI is InChI=1S/C67H110N4O7/c1-8-12-16-20-24-28-32-36-44-57(5)52-60(72)53-70(54-63(73)58(6)45-37-33-29-25-21-17-13-9-2)49-41-39-47-61-66(76)69-62(67(77)68-61)48-40-42-50-71(56-65(75)78-51-43-35-31-27-23-19-15-11-4)55-64(74)59(7)46-38-34-30-26-22-18-14-10-3/h12-19,24-31,36-38,43-46,51,57-65,72-75H,8-11,20-23,32-35,39-42,47-50,52-56H2,1-7H3,(H,68,77)(H,69,76)/b16-12-,17-13-,18-14-,19-15-,28-24-,29-25-,30-26-,31-27-,44-36-,45-37-,46-38-,51-43-. The molecule has 11 heteroatoms. The molecule has 0 spiro atoms. The summed E-state index contributed by atoms with van der Waals surface area (Å²) in [4.78, 5) is 30.9. The Morgan fingerprint density at radius 2 is 0.795 bits per heavy atom. The highest BCUT2D eigenvalue weighted by molar-refractivity contribution is 5.96. The number of amides is 2. The van der Waals surface area contributed by atoms with Crippen LogP contribution in [0.5, 0.6) is 0 Å². The molecule has 6 N–H and O–H groups in total. The van der Waals surface area contributed by atoms with Gasteiger partial charge in [0, 0.05) is 31.5 Å². The molecule has 0 aromatic carbocycles. The molecule has 1 heterocycles. The molecule has 0 saturated carbocycles. The van der Waals surface area contributed by atoms with Gasteiger partial charge < -0.3 is 35.8 Å². The summed E-state index contributed by atoms with van der Waals surface area (Å²) < 4.78 is 5.62. The Morgan fingerprint density at radius 3 is 1.19 bits per heavy atom. The van der Waals surface area contributed by atoms with Crippen LogP contribution in [0, 0.1) is 17.8 Å². The third-order valence-corrected chi connectivity index (χ3v) is 13.5. The van der Waals surface area contributed by atoms with Gasteiger partial charge in [0.15, 0.2) is 0 Å². The fraction of sp³-hybridized carbons (Fsp3) is 0.612. The Hall–Kier alpha value is -4.62. The molecule has 0 aromatic heterocycles. The first-order valence-electron chi connectivity index (χ1n) is 30.1. The van der Waals surface area contributed by atoms with Gasteiger partial charge in [-0.2, -0.15) is 0 Å². The number of hydrogen-bond acceptors (Lipinski definition) is 9. The zero-order valence-corrected chi connectivity index (χ0v) is 49.6. The normalized spacial score (nSPS) is 19.0. The summed E-state index contributed by atoms with van der Waals surface area (Å²) >= 11 is 0. The number of nitrogens with one attached hydrogen (secondary N) is 2. The predicted molar refractivity (Wildman–Crippen MR) is 329 cm³/mol. The van der Waals surface area contributed by atoms with Crippen LogP contribution in [0.2, 0.25) is 0 Å². The van der Waals surface area contributed by atoms with E-state index in [4.69, 9.17) is 4.74 Å². The third-order valence-electron chi connectivity index (χ3n) is 13.5. The summed E-state index contributed by atoms with van der Waals surface area (Å²) in [6.45, 7) is 17.2. The second kappa shape index (κ2) is 49.4. The molecule has 78 heavy (non-hydrogen) atoms. The molecule has 1 aliphatic heterocycles. The highest BCUT2D eigenvalue weighted by Crippen LogP contribution is 2.17. The lowest BCUT2D eigenvalue weighted by molar-refractivity contribution is -0.137. The molecule has 1 rings (SSSR count). The van der Waals surface area contributed by atoms with E-state index in [9.17, 15) is 30.0 Å². The van der Waals surface area contributed by atoms with Gasteiger partial charge in [0.05, 0.1) is 31.1 Å². The van der Waals surface area contributed by atoms with Crippen molar-refractivity contribution in [2.24, 2.45) is 17.8 Å². The van der Waals surface area contributed by atoms with Crippen molar-refractivity contribution < 1.29 is 34.8 Å². The van der Waals surface area contributed by atoms with Crippen LogP contribution in [-0.4, -0.2) is 118 Å². The second-order valence-electron chi connectivity index (χ2n) is 20.9. The van der Waals surface area contributed by atoms with Crippen LogP contribution < -0.4 is 10.6 Å². The molecule has 440 valence electrons. The highest BCUT2D eigenvalue weighted by atomic mass is 16.6. The van der Waals surface area contributed by atoms with E-state index in [-0.39, 0.29) is 36.1 Å². The van der Waals surface area contributed by atoms with Crippen LogP contribution in [0.4, 0.5) is 0 Å². The number of allylic oxidation sites excluding steroid dienone is 21. The van der Waals surface area contributed by atoms with Crippen LogP contribution in [-0.2, 0) is 14.3 Å². The van der Waals surface area contributed by atoms with Gasteiger partial charge in [0.25, 0.3) is 0 Å². The van der Waals surface area contributed by atoms with Crippen molar-refractivity contribution in [1.29, 1.82) is 0 Å². The van der Waals surface area contributed by atoms with Gasteiger partial charge in [0.1, 0.15) is 12.1 Å². The van der Waals surface area contributed by atoms with Crippen molar-refractivity contribution >= 4 is 11.8 Å². The number of ether oxygens (including phenoxy) is 1. The minimum Gasteiger partial charge on any atom is -0.472 e. The maximum Gasteiger partial charge on any atom is 0.243 e. The fourth-order valence-corrected chi connectivity index (χ4v) is 8.78. The molecule has 11 nitrogen and oxygen atoms in total. The molecule has 1 fully saturated rings. The number of piperazine rings is 1. The summed E-state index contributed by atoms with van der Waals surface area (Å²) in [7, 11) is 0. The van der Waals surface area contributed by atoms with E-state index >= 15 is 0 Å². The van der Waals surface area contributed by atoms with Gasteiger partial charge >= 0.3 is 0 Å². The van der Waals surface area contributed by atoms with E-state index < -0.39 is 36.7 Å². The van der Waals surface area contributed by atoms with E-state index in [1.54, 1.807) is 0 Å². The average Bonchev–Trinajstić information content (AvgIpc) is 3.41. The third kappa shape index (κ3) is 39.7. The lowest BCUT2D eigenvalue weighted by atomic mass is 9.99. The Balaban J connectivity index is 2.85. The van der Waals surface area contributed by atoms with Crippen molar-refractivity contribution in [2.45, 2.75) is 207 Å². The maximum absolute atomic E-state index is 13.4. The number of nitrogens with zero attached hydrogens (tertiary/aromatic N) is 2. The van der Waals surface area contributed by atoms with Crippen LogP contribution in [0.15, 0.2) is 146 Å². The molecule has 0 aliphatic carbocycles. The molecular weight excluding hydrogens is 973 g/mol. The van der Waals surface area contributed by atoms with Crippen LogP contribution in [0.25, 0.3) is 0 Å². The topological polar surface area (TPSA) is 155 Å². The number of hydrogen-bond donors (Lipinski definition) is 6. The average molecular weight is 1080 g/mol. The maximum atomic E-state index is 13.4. The Bertz CT molecular complexity index is 1880. The number of carbonyl (C=O) groups is 2. The van der Waals surface area contributed by atoms with Gasteiger partial charge in [-0.1, -0.05) is 182 Å². The van der Waals surface area contributed by atoms with E-state index in [1.807, 2.05) is 30.9 Å². The number of unbranched alkanes of at least 4 members (excludes halogenated alkanes) is 2. The highest BCUT2D eigenvalue weighted by Gasteiger charge is 2.33. The first kappa shape index (κ1) is 71.4. The van der Waals surface area contributed by atoms with Gasteiger partial charge in [-0.25, -0.2) is 0 Å². The number of aliphatic hydroxyl groups is 4. The Kier molecular flexibility index (Phi) is 45.2. The molecular formula is C67H110N4O7. The van der Waals surface area contributed by atoms with Crippen LogP contribution in [0.1, 0.15) is 170 Å². The lowest BCUT2D eigenvalue weighted by Gasteiger charge is -2.31. The summed E-state index contributed by atoms with van der Waals surface area (Å²) in [6, 6.07) is -1.27. The summed E-state index contributed by atoms with van der Waals surface area (Å²) in [5, 5.41) is 50.7. The van der Waals surface area contributed by atoms with Crippen molar-refractivity contribution in [1.82, 2.24) is 20.4 Å². The van der Waals surface area contributed by atoms with E-state index in [0.29, 0.717) is 77.7 Å². The summed E-state index contributed by atoms with van der Waals surface area (Å²) in [5.41, 5.74) is 0. The van der Waals surface area contributed by atoms with Crippen LogP contribution >= 0.6 is 0 Å². The summed E-state index contributed by atoms with van der Waals surface area (Å²) in [6.07, 6.45) is 62.6. The zero-order valence-electron chi connectivity index (χ0n) is 49.6. The van der Waals surface area contributed by atoms with Crippen molar-refractivity contribution in [3.63, 3.8) is 0 Å². The SMILES string of the molecule is CC/C=C\C/C=C\C/C=C\OC(O)CN(CCCCC1NC(=O)C(CCCCN(CC(O)CC(C)/C=C\C/C=C\C/C=C\CC)CC(O)C(C)/C=C\C/C=C\C/C=C\CC)NC1=O)CC(O)C(C)/C=C\C/C=C\C/C=C\CC. The number of rotatable bonds is 47. The molecule has 0 radical (unpaired) electrons.